The summed E-state index contributed by atoms with van der Waals surface area (Å²) in [6, 6.07) is 8.06. The molecule has 2 aromatic carbocycles. The van der Waals surface area contributed by atoms with Gasteiger partial charge >= 0.3 is 0 Å². The Morgan fingerprint density at radius 2 is 2.00 bits per heavy atom. The van der Waals surface area contributed by atoms with Gasteiger partial charge in [-0.3, -0.25) is 4.57 Å². The van der Waals surface area contributed by atoms with E-state index >= 15 is 0 Å². The smallest absolute Gasteiger partial charge is 0.185 e. The second-order valence-electron chi connectivity index (χ2n) is 4.66. The molecule has 0 spiro atoms. The highest BCUT2D eigenvalue weighted by molar-refractivity contribution is 9.10. The number of halogens is 4. The van der Waals surface area contributed by atoms with Gasteiger partial charge < -0.3 is 0 Å². The molecule has 6 heteroatoms. The highest BCUT2D eigenvalue weighted by Gasteiger charge is 2.18. The minimum atomic E-state index is -0.923. The maximum absolute atomic E-state index is 14.2. The number of aryl methyl sites for hydroxylation is 1. The Kier molecular flexibility index (Phi) is 3.71. The topological polar surface area (TPSA) is 17.8 Å². The van der Waals surface area contributed by atoms with E-state index in [0.29, 0.717) is 17.0 Å². The Morgan fingerprint density at radius 3 is 2.67 bits per heavy atom. The van der Waals surface area contributed by atoms with Crippen molar-refractivity contribution >= 4 is 38.6 Å². The molecule has 0 amide bonds. The van der Waals surface area contributed by atoms with E-state index in [4.69, 9.17) is 11.6 Å². The molecule has 0 saturated carbocycles. The van der Waals surface area contributed by atoms with Crippen LogP contribution in [0.4, 0.5) is 8.78 Å². The first-order valence-electron chi connectivity index (χ1n) is 6.20. The lowest BCUT2D eigenvalue weighted by molar-refractivity contribution is 0.514. The molecule has 3 aromatic rings. The number of hydrogen-bond donors (Lipinski definition) is 0. The average Bonchev–Trinajstić information content (AvgIpc) is 2.85. The first-order valence-corrected chi connectivity index (χ1v) is 7.53. The van der Waals surface area contributed by atoms with Crippen LogP contribution in [-0.2, 0) is 5.88 Å². The fourth-order valence-electron chi connectivity index (χ4n) is 2.24. The molecule has 0 aliphatic carbocycles. The van der Waals surface area contributed by atoms with E-state index in [2.05, 4.69) is 20.9 Å². The Balaban J connectivity index is 2.39. The summed E-state index contributed by atoms with van der Waals surface area (Å²) in [5.74, 6) is -1.27. The van der Waals surface area contributed by atoms with Gasteiger partial charge in [-0.05, 0) is 36.8 Å². The van der Waals surface area contributed by atoms with Crippen LogP contribution in [0, 0.1) is 18.6 Å². The van der Waals surface area contributed by atoms with Crippen molar-refractivity contribution in [2.75, 3.05) is 0 Å². The number of benzene rings is 2. The van der Waals surface area contributed by atoms with Crippen LogP contribution in [0.2, 0.25) is 0 Å². The van der Waals surface area contributed by atoms with E-state index in [0.717, 1.165) is 16.1 Å². The second-order valence-corrected chi connectivity index (χ2v) is 5.78. The Hall–Kier alpha value is -1.46. The number of aromatic nitrogens is 2. The standard InChI is InChI=1S/C15H10BrClF2N2/c1-8-2-3-9(6-10(8)16)21-13(7-17)20-12-5-4-11(18)14(19)15(12)21/h2-6H,7H2,1H3. The number of imidazole rings is 1. The van der Waals surface area contributed by atoms with Crippen LogP contribution >= 0.6 is 27.5 Å². The highest BCUT2D eigenvalue weighted by atomic mass is 79.9. The molecule has 0 radical (unpaired) electrons. The molecule has 0 atom stereocenters. The van der Waals surface area contributed by atoms with E-state index in [9.17, 15) is 8.78 Å². The van der Waals surface area contributed by atoms with Crippen LogP contribution < -0.4 is 0 Å². The zero-order valence-electron chi connectivity index (χ0n) is 11.0. The molecule has 0 fully saturated rings. The SMILES string of the molecule is Cc1ccc(-n2c(CCl)nc3ccc(F)c(F)c32)cc1Br. The third-order valence-corrected chi connectivity index (χ3v) is 4.41. The number of rotatable bonds is 2. The van der Waals surface area contributed by atoms with Crippen LogP contribution in [0.3, 0.4) is 0 Å². The number of alkyl halides is 1. The van der Waals surface area contributed by atoms with Crippen molar-refractivity contribution in [1.82, 2.24) is 9.55 Å². The molecule has 0 saturated heterocycles. The van der Waals surface area contributed by atoms with Crippen molar-refractivity contribution in [3.63, 3.8) is 0 Å². The van der Waals surface area contributed by atoms with Crippen LogP contribution in [0.15, 0.2) is 34.8 Å². The number of fused-ring (bicyclic) bond motifs is 1. The minimum absolute atomic E-state index is 0.0984. The second kappa shape index (κ2) is 5.39. The third-order valence-electron chi connectivity index (χ3n) is 3.31. The van der Waals surface area contributed by atoms with Gasteiger partial charge in [-0.2, -0.15) is 0 Å². The summed E-state index contributed by atoms with van der Waals surface area (Å²) in [6.45, 7) is 1.95. The Morgan fingerprint density at radius 1 is 1.24 bits per heavy atom. The molecule has 0 bridgehead atoms. The molecule has 0 aliphatic rings. The molecular weight excluding hydrogens is 362 g/mol. The predicted molar refractivity (Wildman–Crippen MR) is 83.0 cm³/mol. The summed E-state index contributed by atoms with van der Waals surface area (Å²) >= 11 is 9.35. The summed E-state index contributed by atoms with van der Waals surface area (Å²) in [5.41, 5.74) is 2.19. The van der Waals surface area contributed by atoms with Gasteiger partial charge in [0.05, 0.1) is 11.4 Å². The van der Waals surface area contributed by atoms with E-state index in [1.165, 1.54) is 6.07 Å². The lowest BCUT2D eigenvalue weighted by atomic mass is 10.2. The lowest BCUT2D eigenvalue weighted by Gasteiger charge is -2.10. The fourth-order valence-corrected chi connectivity index (χ4v) is 2.79. The van der Waals surface area contributed by atoms with Gasteiger partial charge in [0.15, 0.2) is 11.6 Å². The largest absolute Gasteiger partial charge is 0.292 e. The molecule has 1 heterocycles. The van der Waals surface area contributed by atoms with E-state index in [1.54, 1.807) is 4.57 Å². The van der Waals surface area contributed by atoms with Crippen LogP contribution in [0.1, 0.15) is 11.4 Å². The summed E-state index contributed by atoms with van der Waals surface area (Å²) in [5, 5.41) is 0. The van der Waals surface area contributed by atoms with E-state index < -0.39 is 11.6 Å². The van der Waals surface area contributed by atoms with Gasteiger partial charge in [0.25, 0.3) is 0 Å². The molecule has 21 heavy (non-hydrogen) atoms. The van der Waals surface area contributed by atoms with Crippen molar-refractivity contribution in [2.24, 2.45) is 0 Å². The maximum atomic E-state index is 14.2. The normalized spacial score (nSPS) is 11.3. The van der Waals surface area contributed by atoms with Gasteiger partial charge in [0, 0.05) is 10.2 Å². The maximum Gasteiger partial charge on any atom is 0.185 e. The van der Waals surface area contributed by atoms with Gasteiger partial charge in [0.1, 0.15) is 11.3 Å². The minimum Gasteiger partial charge on any atom is -0.292 e. The summed E-state index contributed by atoms with van der Waals surface area (Å²) in [4.78, 5) is 4.27. The zero-order chi connectivity index (χ0) is 15.1. The van der Waals surface area contributed by atoms with E-state index in [-0.39, 0.29) is 11.4 Å². The Labute approximate surface area is 133 Å². The van der Waals surface area contributed by atoms with Gasteiger partial charge in [-0.25, -0.2) is 13.8 Å². The quantitative estimate of drug-likeness (QED) is 0.572. The van der Waals surface area contributed by atoms with Gasteiger partial charge in [-0.1, -0.05) is 22.0 Å². The van der Waals surface area contributed by atoms with Crippen molar-refractivity contribution in [3.8, 4) is 5.69 Å². The van der Waals surface area contributed by atoms with Crippen LogP contribution in [0.25, 0.3) is 16.7 Å². The van der Waals surface area contributed by atoms with Crippen LogP contribution in [-0.4, -0.2) is 9.55 Å². The first-order chi connectivity index (χ1) is 10.0. The first kappa shape index (κ1) is 14.5. The van der Waals surface area contributed by atoms with Crippen molar-refractivity contribution in [3.05, 3.63) is 57.8 Å². The van der Waals surface area contributed by atoms with Crippen molar-refractivity contribution in [2.45, 2.75) is 12.8 Å². The summed E-state index contributed by atoms with van der Waals surface area (Å²) in [6.07, 6.45) is 0. The molecule has 2 nitrogen and oxygen atoms in total. The Bertz CT molecular complexity index is 845. The lowest BCUT2D eigenvalue weighted by Crippen LogP contribution is -2.01. The number of hydrogen-bond acceptors (Lipinski definition) is 1. The van der Waals surface area contributed by atoms with Crippen molar-refractivity contribution < 1.29 is 8.78 Å². The van der Waals surface area contributed by atoms with Gasteiger partial charge in [-0.15, -0.1) is 11.6 Å². The third kappa shape index (κ3) is 2.34. The fraction of sp³-hybridized carbons (Fsp3) is 0.133. The van der Waals surface area contributed by atoms with Crippen LogP contribution in [0.5, 0.6) is 0 Å². The highest BCUT2D eigenvalue weighted by Crippen LogP contribution is 2.28. The van der Waals surface area contributed by atoms with Crippen molar-refractivity contribution in [1.29, 1.82) is 0 Å². The molecular formula is C15H10BrClF2N2. The number of nitrogens with zero attached hydrogens (tertiary/aromatic N) is 2. The predicted octanol–water partition coefficient (Wildman–Crippen LogP) is 5.11. The summed E-state index contributed by atoms with van der Waals surface area (Å²) in [7, 11) is 0. The van der Waals surface area contributed by atoms with Gasteiger partial charge in [0.2, 0.25) is 0 Å². The average molecular weight is 372 g/mol. The zero-order valence-corrected chi connectivity index (χ0v) is 13.3. The summed E-state index contributed by atoms with van der Waals surface area (Å²) < 4.78 is 30.1. The van der Waals surface area contributed by atoms with E-state index in [1.807, 2.05) is 25.1 Å². The molecule has 3 rings (SSSR count). The monoisotopic (exact) mass is 370 g/mol. The molecule has 0 aliphatic heterocycles. The molecule has 0 unspecified atom stereocenters. The molecule has 1 aromatic heterocycles. The molecule has 0 N–H and O–H groups in total. The molecule has 108 valence electrons.